The number of carbonyl (C=O) groups is 5. The number of alkyl halides is 1. The summed E-state index contributed by atoms with van der Waals surface area (Å²) in [7, 11) is 6.85. The third-order valence-electron chi connectivity index (χ3n) is 22.0. The van der Waals surface area contributed by atoms with E-state index in [1.807, 2.05) is 23.6 Å². The minimum absolute atomic E-state index is 0.0229. The molecule has 0 radical (unpaired) electrons. The van der Waals surface area contributed by atoms with E-state index in [9.17, 15) is 54.6 Å². The number of ether oxygens (including phenoxy) is 8. The highest BCUT2D eigenvalue weighted by Gasteiger charge is 2.76. The Morgan fingerprint density at radius 1 is 0.849 bits per heavy atom. The van der Waals surface area contributed by atoms with Gasteiger partial charge in [0.25, 0.3) is 0 Å². The zero-order valence-corrected chi connectivity index (χ0v) is 53.9. The lowest BCUT2D eigenvalue weighted by molar-refractivity contribution is -0.319. The van der Waals surface area contributed by atoms with Crippen molar-refractivity contribution >= 4 is 29.5 Å². The molecule has 0 aromatic rings. The summed E-state index contributed by atoms with van der Waals surface area (Å²) < 4.78 is 68.1. The molecule has 3 heterocycles. The molecule has 4 aliphatic carbocycles. The van der Waals surface area contributed by atoms with Gasteiger partial charge in [0.15, 0.2) is 36.7 Å². The van der Waals surface area contributed by atoms with Crippen LogP contribution in [0.1, 0.15) is 154 Å². The number of Topliss-reactive ketones (excluding diaryl/α,β-unsaturated/α-hetero) is 1. The van der Waals surface area contributed by atoms with Crippen LogP contribution in [0.15, 0.2) is 23.8 Å². The Morgan fingerprint density at radius 2 is 1.50 bits per heavy atom. The van der Waals surface area contributed by atoms with E-state index in [-0.39, 0.29) is 43.8 Å². The Hall–Kier alpha value is -3.36. The summed E-state index contributed by atoms with van der Waals surface area (Å²) in [4.78, 5) is 72.7. The second kappa shape index (κ2) is 26.1. The molecule has 26 atom stereocenters. The third kappa shape index (κ3) is 12.8. The molecule has 1 unspecified atom stereocenters. The number of nitrogens with zero attached hydrogens (tertiary/aromatic N) is 2. The zero-order chi connectivity index (χ0) is 64.4. The average Bonchev–Trinajstić information content (AvgIpc) is 1.36. The van der Waals surface area contributed by atoms with Crippen molar-refractivity contribution in [1.82, 2.24) is 9.80 Å². The molecule has 0 aromatic carbocycles. The summed E-state index contributed by atoms with van der Waals surface area (Å²) >= 11 is 0. The van der Waals surface area contributed by atoms with Crippen molar-refractivity contribution in [2.24, 2.45) is 46.3 Å². The molecule has 0 aromatic heterocycles. The summed E-state index contributed by atoms with van der Waals surface area (Å²) in [6.07, 6.45) is -8.05. The molecular weight excluding hydrogens is 1120 g/mol. The van der Waals surface area contributed by atoms with E-state index < -0.39 is 191 Å². The van der Waals surface area contributed by atoms with Crippen LogP contribution in [0, 0.1) is 46.3 Å². The van der Waals surface area contributed by atoms with Crippen LogP contribution in [0.25, 0.3) is 0 Å². The Kier molecular flexibility index (Phi) is 21.3. The van der Waals surface area contributed by atoms with Crippen molar-refractivity contribution in [3.63, 3.8) is 0 Å². The number of hydrogen-bond donors (Lipinski definition) is 6. The van der Waals surface area contributed by atoms with Gasteiger partial charge in [-0.25, -0.2) is 4.39 Å². The van der Waals surface area contributed by atoms with Crippen molar-refractivity contribution in [2.45, 2.75) is 262 Å². The predicted octanol–water partition coefficient (Wildman–Crippen LogP) is 4.69. The number of halogens is 1. The van der Waals surface area contributed by atoms with E-state index in [4.69, 9.17) is 37.9 Å². The molecule has 0 spiro atoms. The van der Waals surface area contributed by atoms with E-state index in [1.165, 1.54) is 26.2 Å². The third-order valence-corrected chi connectivity index (χ3v) is 22.0. The molecule has 7 aliphatic rings. The summed E-state index contributed by atoms with van der Waals surface area (Å²) in [5, 5.41) is 72.3. The Bertz CT molecular complexity index is 2530. The van der Waals surface area contributed by atoms with E-state index >= 15 is 4.39 Å². The molecule has 3 saturated carbocycles. The number of likely N-dealkylation sites (N-methyl/N-ethyl adjacent to an activating group) is 2. The van der Waals surface area contributed by atoms with E-state index in [0.717, 1.165) is 0 Å². The van der Waals surface area contributed by atoms with Crippen LogP contribution in [0.5, 0.6) is 0 Å². The number of methoxy groups -OCH3 is 1. The Morgan fingerprint density at radius 3 is 2.13 bits per heavy atom. The lowest BCUT2D eigenvalue weighted by Gasteiger charge is -2.62. The van der Waals surface area contributed by atoms with Crippen LogP contribution in [0.4, 0.5) is 4.39 Å². The number of allylic oxidation sites excluding steroid dienone is 4. The van der Waals surface area contributed by atoms with Crippen LogP contribution in [0.3, 0.4) is 0 Å². The van der Waals surface area contributed by atoms with Gasteiger partial charge in [0.05, 0.1) is 66.5 Å². The monoisotopic (exact) mass is 1220 g/mol. The quantitative estimate of drug-likeness (QED) is 0.102. The molecule has 3 saturated heterocycles. The lowest BCUT2D eigenvalue weighted by Crippen LogP contribution is -2.69. The van der Waals surface area contributed by atoms with Crippen LogP contribution in [-0.2, 0) is 61.9 Å². The molecule has 6 N–H and O–H groups in total. The number of cyclic esters (lactones) is 1. The highest BCUT2D eigenvalue weighted by atomic mass is 19.1. The van der Waals surface area contributed by atoms with Gasteiger partial charge in [0.2, 0.25) is 5.78 Å². The van der Waals surface area contributed by atoms with Crippen molar-refractivity contribution in [3.05, 3.63) is 23.8 Å². The standard InChI is InChI=1S/C64H103FN2O19/c1-18-47-62(13,77)53(73)38(7)67(16)31-33(2)28-60(11,76)55(36(5)51(37(6)56(75)83-47)85-50-30-61(12,79-17)54(74)39(8)82-50)86-57-52(44(66(14)15)26-35(4)81-57)84-49(72)22-21-48(71)80-32-46(70)64(78)34(3)25-43-42-20-19-40-27-41(68)23-24-58(40,9)63(42,65)45(69)29-59(43,64)10/h23-24,27,33-39,42-45,47,50-55,57,69,73-74,76-78H,18-22,25-26,28-32H2,1-17H3/t33-,34-,35-,36+,37-,38-,39+,42+,43+,44?,45+,47-,50+,51+,52-,53-,54+,55-,57+,58+,59+,60-,61-,62-,63+,64+/m1/s1. The number of aliphatic hydroxyl groups excluding tert-OH is 3. The largest absolute Gasteiger partial charge is 0.459 e. The van der Waals surface area contributed by atoms with Gasteiger partial charge >= 0.3 is 17.9 Å². The van der Waals surface area contributed by atoms with Gasteiger partial charge in [-0.05, 0) is 151 Å². The minimum atomic E-state index is -2.18. The second-order valence-electron chi connectivity index (χ2n) is 28.4. The van der Waals surface area contributed by atoms with E-state index in [0.29, 0.717) is 31.4 Å². The number of carbonyl (C=O) groups excluding carboxylic acids is 5. The topological polar surface area (TPSA) is 287 Å². The first-order valence-electron chi connectivity index (χ1n) is 31.3. The molecule has 86 heavy (non-hydrogen) atoms. The van der Waals surface area contributed by atoms with Gasteiger partial charge in [-0.3, -0.25) is 24.0 Å². The minimum Gasteiger partial charge on any atom is -0.459 e. The van der Waals surface area contributed by atoms with Gasteiger partial charge in [-0.15, -0.1) is 0 Å². The molecule has 21 nitrogen and oxygen atoms in total. The van der Waals surface area contributed by atoms with Gasteiger partial charge in [-0.1, -0.05) is 46.3 Å². The van der Waals surface area contributed by atoms with Gasteiger partial charge in [0.1, 0.15) is 29.5 Å². The number of aliphatic hydroxyl groups is 6. The maximum atomic E-state index is 17.8. The summed E-state index contributed by atoms with van der Waals surface area (Å²) in [5.74, 6) is -8.06. The summed E-state index contributed by atoms with van der Waals surface area (Å²) in [6, 6.07) is -1.20. The molecule has 490 valence electrons. The molecule has 6 fully saturated rings. The van der Waals surface area contributed by atoms with Crippen LogP contribution < -0.4 is 0 Å². The van der Waals surface area contributed by atoms with Crippen LogP contribution in [0.2, 0.25) is 0 Å². The van der Waals surface area contributed by atoms with E-state index in [2.05, 4.69) is 0 Å². The number of rotatable bonds is 14. The maximum absolute atomic E-state index is 17.8. The first-order chi connectivity index (χ1) is 39.8. The fraction of sp³-hybridized carbons (Fsp3) is 0.859. The van der Waals surface area contributed by atoms with Crippen molar-refractivity contribution in [1.29, 1.82) is 0 Å². The number of hydrogen-bond acceptors (Lipinski definition) is 21. The van der Waals surface area contributed by atoms with Gasteiger partial charge in [-0.2, -0.15) is 0 Å². The molecule has 22 heteroatoms. The lowest BCUT2D eigenvalue weighted by atomic mass is 9.44. The molecule has 7 rings (SSSR count). The molecule has 0 bridgehead atoms. The highest BCUT2D eigenvalue weighted by molar-refractivity contribution is 6.01. The normalized spacial score (nSPS) is 48.0. The fourth-order valence-electron chi connectivity index (χ4n) is 16.7. The highest BCUT2D eigenvalue weighted by Crippen LogP contribution is 2.71. The SMILES string of the molecule is CC[C@H]1OC(=O)[C@H](C)[C@@H](O[C@H]2C[C@@](C)(OC)[C@@H](O)[C@H](C)O2)[C@H](C)[C@@H](O[C@@H]2O[C@H](C)CC(N(C)C)[C@H]2OC(=O)CCC(=O)OCC(=O)[C@@]2(O)[C@H](C)C[C@H]3[C@@H]4CCC5=CC(=O)C=C[C@]5(C)[C@@]4(F)[C@@H](O)C[C@@]32C)[C@](C)(O)C[C@@H](C)CN(C)[C@H](C)[C@@H](O)[C@]1(C)O. The predicted molar refractivity (Wildman–Crippen MR) is 311 cm³/mol. The van der Waals surface area contributed by atoms with Crippen molar-refractivity contribution in [3.8, 4) is 0 Å². The average molecular weight is 1220 g/mol. The second-order valence-corrected chi connectivity index (χ2v) is 28.4. The Labute approximate surface area is 507 Å². The molecule has 0 amide bonds. The number of fused-ring (bicyclic) bond motifs is 5. The van der Waals surface area contributed by atoms with Gasteiger partial charge < -0.3 is 78.3 Å². The first-order valence-corrected chi connectivity index (χ1v) is 31.3. The number of esters is 3. The zero-order valence-electron chi connectivity index (χ0n) is 53.9. The summed E-state index contributed by atoms with van der Waals surface area (Å²) in [5.41, 5.74) is -11.1. The number of ketones is 2. The van der Waals surface area contributed by atoms with E-state index in [1.54, 1.807) is 96.5 Å². The first kappa shape index (κ1) is 70.1. The Balaban J connectivity index is 1.12. The van der Waals surface area contributed by atoms with Crippen LogP contribution >= 0.6 is 0 Å². The van der Waals surface area contributed by atoms with Crippen molar-refractivity contribution in [2.75, 3.05) is 41.4 Å². The smallest absolute Gasteiger partial charge is 0.311 e. The van der Waals surface area contributed by atoms with Gasteiger partial charge in [0, 0.05) is 48.8 Å². The fourth-order valence-corrected chi connectivity index (χ4v) is 16.7. The molecular formula is C64H103FN2O19. The van der Waals surface area contributed by atoms with Crippen LogP contribution in [-0.4, -0.2) is 219 Å². The summed E-state index contributed by atoms with van der Waals surface area (Å²) in [6.45, 7) is 21.5. The maximum Gasteiger partial charge on any atom is 0.311 e. The van der Waals surface area contributed by atoms with Crippen molar-refractivity contribution < 1.29 is 96.9 Å². The molecule has 3 aliphatic heterocycles.